The Hall–Kier alpha value is -1.71. The molecule has 0 bridgehead atoms. The van der Waals surface area contributed by atoms with Gasteiger partial charge < -0.3 is 5.43 Å². The molecule has 2 aromatic rings. The molecule has 0 fully saturated rings. The second-order valence-electron chi connectivity index (χ2n) is 3.63. The minimum absolute atomic E-state index is 0.873. The Balaban J connectivity index is 1.89. The van der Waals surface area contributed by atoms with Crippen LogP contribution < -0.4 is 5.43 Å². The number of hydrogen-bond acceptors (Lipinski definition) is 2. The zero-order chi connectivity index (χ0) is 10.7. The average molecular weight is 204 g/mol. The molecule has 0 aliphatic rings. The van der Waals surface area contributed by atoms with Crippen LogP contribution in [0.4, 0.5) is 0 Å². The Kier molecular flexibility index (Phi) is 2.76. The zero-order valence-corrected chi connectivity index (χ0v) is 9.14. The van der Waals surface area contributed by atoms with Gasteiger partial charge in [-0.2, -0.15) is 5.10 Å². The second kappa shape index (κ2) is 4.21. The third-order valence-electron chi connectivity index (χ3n) is 2.44. The van der Waals surface area contributed by atoms with Gasteiger partial charge in [-0.05, 0) is 32.0 Å². The predicted molar refractivity (Wildman–Crippen MR) is 60.4 cm³/mol. The molecule has 0 amide bonds. The summed E-state index contributed by atoms with van der Waals surface area (Å²) in [6.45, 7) is 5.93. The van der Waals surface area contributed by atoms with Crippen molar-refractivity contribution in [3.63, 3.8) is 0 Å². The van der Waals surface area contributed by atoms with Gasteiger partial charge in [-0.15, -0.1) is 0 Å². The Bertz CT molecular complexity index is 394. The maximum atomic E-state index is 4.15. The van der Waals surface area contributed by atoms with E-state index in [4.69, 9.17) is 0 Å². The lowest BCUT2D eigenvalue weighted by Gasteiger charge is -2.12. The quantitative estimate of drug-likeness (QED) is 0.820. The summed E-state index contributed by atoms with van der Waals surface area (Å²) in [4.78, 5) is 0. The van der Waals surface area contributed by atoms with Crippen molar-refractivity contribution in [1.29, 1.82) is 0 Å². The van der Waals surface area contributed by atoms with E-state index in [9.17, 15) is 0 Å². The summed E-state index contributed by atoms with van der Waals surface area (Å²) in [5, 5.41) is 4.15. The highest BCUT2D eigenvalue weighted by atomic mass is 15.4. The van der Waals surface area contributed by atoms with Gasteiger partial charge in [0, 0.05) is 23.8 Å². The Morgan fingerprint density at radius 3 is 2.60 bits per heavy atom. The van der Waals surface area contributed by atoms with Crippen LogP contribution in [-0.4, -0.2) is 21.0 Å². The molecule has 2 rings (SSSR count). The lowest BCUT2D eigenvalue weighted by molar-refractivity contribution is 0.609. The van der Waals surface area contributed by atoms with E-state index in [2.05, 4.69) is 41.2 Å². The molecule has 0 saturated heterocycles. The van der Waals surface area contributed by atoms with Crippen molar-refractivity contribution >= 4 is 0 Å². The fourth-order valence-electron chi connectivity index (χ4n) is 1.63. The van der Waals surface area contributed by atoms with Gasteiger partial charge in [-0.1, -0.05) is 0 Å². The first-order chi connectivity index (χ1) is 7.27. The number of rotatable bonds is 4. The van der Waals surface area contributed by atoms with E-state index in [1.807, 2.05) is 16.9 Å². The van der Waals surface area contributed by atoms with Crippen molar-refractivity contribution < 1.29 is 0 Å². The highest BCUT2D eigenvalue weighted by Crippen LogP contribution is 2.03. The van der Waals surface area contributed by atoms with Crippen LogP contribution in [0.5, 0.6) is 0 Å². The van der Waals surface area contributed by atoms with Gasteiger partial charge in [0.15, 0.2) is 0 Å². The summed E-state index contributed by atoms with van der Waals surface area (Å²) in [5.41, 5.74) is 5.81. The molecule has 0 saturated carbocycles. The van der Waals surface area contributed by atoms with E-state index in [0.29, 0.717) is 0 Å². The molecule has 0 aromatic carbocycles. The maximum Gasteiger partial charge on any atom is 0.0598 e. The lowest BCUT2D eigenvalue weighted by Crippen LogP contribution is -2.21. The standard InChI is InChI=1S/C11H16N4/c1-10-4-5-11(2)15(10)13-7-9-14-8-3-6-12-14/h3-6,8,13H,7,9H2,1-2H3. The minimum atomic E-state index is 0.873. The molecule has 0 aliphatic carbocycles. The van der Waals surface area contributed by atoms with Gasteiger partial charge in [-0.25, -0.2) is 0 Å². The van der Waals surface area contributed by atoms with Crippen LogP contribution in [0.3, 0.4) is 0 Å². The van der Waals surface area contributed by atoms with E-state index in [1.54, 1.807) is 6.20 Å². The molecular weight excluding hydrogens is 188 g/mol. The molecule has 1 N–H and O–H groups in total. The van der Waals surface area contributed by atoms with Crippen LogP contribution in [0.15, 0.2) is 30.6 Å². The van der Waals surface area contributed by atoms with Crippen LogP contribution in [-0.2, 0) is 6.54 Å². The normalized spacial score (nSPS) is 10.5. The van der Waals surface area contributed by atoms with E-state index in [-0.39, 0.29) is 0 Å². The highest BCUT2D eigenvalue weighted by Gasteiger charge is 1.98. The fourth-order valence-corrected chi connectivity index (χ4v) is 1.63. The van der Waals surface area contributed by atoms with Gasteiger partial charge in [0.2, 0.25) is 0 Å². The number of aromatic nitrogens is 3. The highest BCUT2D eigenvalue weighted by molar-refractivity contribution is 5.15. The van der Waals surface area contributed by atoms with Crippen molar-refractivity contribution in [3.05, 3.63) is 42.0 Å². The minimum Gasteiger partial charge on any atom is -0.324 e. The summed E-state index contributed by atoms with van der Waals surface area (Å²) in [6.07, 6.45) is 3.77. The monoisotopic (exact) mass is 204 g/mol. The first-order valence-corrected chi connectivity index (χ1v) is 5.13. The van der Waals surface area contributed by atoms with Crippen LogP contribution >= 0.6 is 0 Å². The molecule has 0 radical (unpaired) electrons. The Labute approximate surface area is 89.5 Å². The van der Waals surface area contributed by atoms with E-state index in [0.717, 1.165) is 13.1 Å². The topological polar surface area (TPSA) is 34.8 Å². The van der Waals surface area contributed by atoms with Crippen molar-refractivity contribution in [1.82, 2.24) is 14.5 Å². The maximum absolute atomic E-state index is 4.15. The molecule has 0 aliphatic heterocycles. The molecule has 0 spiro atoms. The largest absolute Gasteiger partial charge is 0.324 e. The average Bonchev–Trinajstić information content (AvgIpc) is 2.82. The summed E-state index contributed by atoms with van der Waals surface area (Å²) >= 11 is 0. The third kappa shape index (κ3) is 2.21. The molecule has 4 nitrogen and oxygen atoms in total. The number of aryl methyl sites for hydroxylation is 2. The lowest BCUT2D eigenvalue weighted by atomic mass is 10.5. The smallest absolute Gasteiger partial charge is 0.0598 e. The van der Waals surface area contributed by atoms with Gasteiger partial charge in [0.25, 0.3) is 0 Å². The third-order valence-corrected chi connectivity index (χ3v) is 2.44. The van der Waals surface area contributed by atoms with Gasteiger partial charge in [0.05, 0.1) is 13.1 Å². The van der Waals surface area contributed by atoms with Crippen LogP contribution in [0.25, 0.3) is 0 Å². The molecule has 80 valence electrons. The second-order valence-corrected chi connectivity index (χ2v) is 3.63. The van der Waals surface area contributed by atoms with E-state index in [1.165, 1.54) is 11.4 Å². The van der Waals surface area contributed by atoms with Crippen LogP contribution in [0.2, 0.25) is 0 Å². The molecule has 2 heterocycles. The summed E-state index contributed by atoms with van der Waals surface area (Å²) in [7, 11) is 0. The Morgan fingerprint density at radius 1 is 1.27 bits per heavy atom. The summed E-state index contributed by atoms with van der Waals surface area (Å²) < 4.78 is 4.02. The van der Waals surface area contributed by atoms with Gasteiger partial charge in [-0.3, -0.25) is 9.36 Å². The van der Waals surface area contributed by atoms with E-state index < -0.39 is 0 Å². The van der Waals surface area contributed by atoms with Crippen LogP contribution in [0.1, 0.15) is 11.4 Å². The SMILES string of the molecule is Cc1ccc(C)n1NCCn1cccn1. The van der Waals surface area contributed by atoms with Gasteiger partial charge >= 0.3 is 0 Å². The van der Waals surface area contributed by atoms with Crippen LogP contribution in [0, 0.1) is 13.8 Å². The summed E-state index contributed by atoms with van der Waals surface area (Å²) in [5.74, 6) is 0. The first-order valence-electron chi connectivity index (χ1n) is 5.13. The van der Waals surface area contributed by atoms with Crippen molar-refractivity contribution in [2.75, 3.05) is 12.0 Å². The molecular formula is C11H16N4. The Morgan fingerprint density at radius 2 is 2.00 bits per heavy atom. The molecule has 15 heavy (non-hydrogen) atoms. The van der Waals surface area contributed by atoms with Crippen molar-refractivity contribution in [2.24, 2.45) is 0 Å². The summed E-state index contributed by atoms with van der Waals surface area (Å²) in [6, 6.07) is 6.15. The van der Waals surface area contributed by atoms with Crippen molar-refractivity contribution in [3.8, 4) is 0 Å². The number of nitrogens with zero attached hydrogens (tertiary/aromatic N) is 3. The van der Waals surface area contributed by atoms with Gasteiger partial charge in [0.1, 0.15) is 0 Å². The number of nitrogens with one attached hydrogen (secondary N) is 1. The van der Waals surface area contributed by atoms with E-state index >= 15 is 0 Å². The van der Waals surface area contributed by atoms with Crippen molar-refractivity contribution in [2.45, 2.75) is 20.4 Å². The molecule has 0 atom stereocenters. The fraction of sp³-hybridized carbons (Fsp3) is 0.364. The zero-order valence-electron chi connectivity index (χ0n) is 9.14. The first kappa shape index (κ1) is 9.83. The predicted octanol–water partition coefficient (Wildman–Crippen LogP) is 1.55. The molecule has 4 heteroatoms. The molecule has 2 aromatic heterocycles. The molecule has 0 unspecified atom stereocenters. The number of hydrogen-bond donors (Lipinski definition) is 1.